The number of carbonyl (C=O) groups excluding carboxylic acids is 1. The van der Waals surface area contributed by atoms with E-state index in [-0.39, 0.29) is 5.91 Å². The summed E-state index contributed by atoms with van der Waals surface area (Å²) in [5.41, 5.74) is 3.96. The van der Waals surface area contributed by atoms with Gasteiger partial charge in [0.25, 0.3) is 5.91 Å². The van der Waals surface area contributed by atoms with Crippen LogP contribution in [0, 0.1) is 0 Å². The molecule has 6 heteroatoms. The number of hydrogen-bond donors (Lipinski definition) is 1. The van der Waals surface area contributed by atoms with E-state index >= 15 is 0 Å². The third-order valence-corrected chi connectivity index (χ3v) is 2.34. The summed E-state index contributed by atoms with van der Waals surface area (Å²) in [7, 11) is 0. The Morgan fingerprint density at radius 1 is 1.39 bits per heavy atom. The average molecular weight is 246 g/mol. The first-order valence-electron chi connectivity index (χ1n) is 5.63. The van der Waals surface area contributed by atoms with Crippen LogP contribution in [0.25, 0.3) is 0 Å². The van der Waals surface area contributed by atoms with Crippen LogP contribution in [-0.4, -0.2) is 27.3 Å². The van der Waals surface area contributed by atoms with Crippen molar-refractivity contribution in [2.75, 3.05) is 6.61 Å². The number of nitrogens with zero attached hydrogens (tertiary/aromatic N) is 3. The van der Waals surface area contributed by atoms with Crippen molar-refractivity contribution < 1.29 is 9.63 Å². The molecule has 1 N–H and O–H groups in total. The Morgan fingerprint density at radius 2 is 2.17 bits per heavy atom. The fourth-order valence-corrected chi connectivity index (χ4v) is 1.46. The Kier molecular flexibility index (Phi) is 4.03. The summed E-state index contributed by atoms with van der Waals surface area (Å²) >= 11 is 0. The van der Waals surface area contributed by atoms with Crippen molar-refractivity contribution in [3.63, 3.8) is 0 Å². The SMILES string of the molecule is CCONC(=O)c1ccc(Cn2cncn2)cc1. The predicted octanol–water partition coefficient (Wildman–Crippen LogP) is 1.01. The van der Waals surface area contributed by atoms with Crippen molar-refractivity contribution in [2.45, 2.75) is 13.5 Å². The summed E-state index contributed by atoms with van der Waals surface area (Å²) in [6.45, 7) is 2.88. The third kappa shape index (κ3) is 3.14. The van der Waals surface area contributed by atoms with E-state index in [1.165, 1.54) is 6.33 Å². The Labute approximate surface area is 105 Å². The third-order valence-electron chi connectivity index (χ3n) is 2.34. The van der Waals surface area contributed by atoms with Crippen molar-refractivity contribution in [3.8, 4) is 0 Å². The Bertz CT molecular complexity index is 493. The molecule has 1 amide bonds. The van der Waals surface area contributed by atoms with Crippen molar-refractivity contribution >= 4 is 5.91 Å². The van der Waals surface area contributed by atoms with Gasteiger partial charge in [0, 0.05) is 5.56 Å². The summed E-state index contributed by atoms with van der Waals surface area (Å²) in [4.78, 5) is 20.3. The average Bonchev–Trinajstić information content (AvgIpc) is 2.89. The minimum Gasteiger partial charge on any atom is -0.274 e. The molecule has 0 saturated heterocycles. The number of nitrogens with one attached hydrogen (secondary N) is 1. The zero-order chi connectivity index (χ0) is 12.8. The van der Waals surface area contributed by atoms with Gasteiger partial charge < -0.3 is 0 Å². The maximum absolute atomic E-state index is 11.6. The number of amides is 1. The second kappa shape index (κ2) is 5.92. The number of hydrogen-bond acceptors (Lipinski definition) is 4. The van der Waals surface area contributed by atoms with Crippen LogP contribution in [0.15, 0.2) is 36.9 Å². The van der Waals surface area contributed by atoms with Crippen LogP contribution < -0.4 is 5.48 Å². The van der Waals surface area contributed by atoms with Gasteiger partial charge in [-0.2, -0.15) is 5.10 Å². The first-order chi connectivity index (χ1) is 8.79. The van der Waals surface area contributed by atoms with E-state index in [0.717, 1.165) is 5.56 Å². The van der Waals surface area contributed by atoms with E-state index in [1.807, 2.05) is 19.1 Å². The quantitative estimate of drug-likeness (QED) is 0.799. The van der Waals surface area contributed by atoms with E-state index in [4.69, 9.17) is 4.84 Å². The molecule has 0 atom stereocenters. The molecule has 0 aliphatic heterocycles. The molecule has 2 aromatic rings. The topological polar surface area (TPSA) is 69.0 Å². The van der Waals surface area contributed by atoms with Crippen molar-refractivity contribution in [3.05, 3.63) is 48.0 Å². The standard InChI is InChI=1S/C12H14N4O2/c1-2-18-15-12(17)11-5-3-10(4-6-11)7-16-9-13-8-14-16/h3-6,8-9H,2,7H2,1H3,(H,15,17). The molecule has 0 radical (unpaired) electrons. The highest BCUT2D eigenvalue weighted by Crippen LogP contribution is 2.05. The fourth-order valence-electron chi connectivity index (χ4n) is 1.46. The number of benzene rings is 1. The van der Waals surface area contributed by atoms with Crippen LogP contribution in [0.4, 0.5) is 0 Å². The van der Waals surface area contributed by atoms with Crippen molar-refractivity contribution in [2.24, 2.45) is 0 Å². The minimum atomic E-state index is -0.246. The molecule has 18 heavy (non-hydrogen) atoms. The molecule has 0 saturated carbocycles. The molecule has 0 spiro atoms. The smallest absolute Gasteiger partial charge is 0.274 e. The molecule has 0 aliphatic rings. The molecule has 94 valence electrons. The van der Waals surface area contributed by atoms with Gasteiger partial charge in [0.15, 0.2) is 0 Å². The second-order valence-corrected chi connectivity index (χ2v) is 3.65. The van der Waals surface area contributed by atoms with Crippen molar-refractivity contribution in [1.82, 2.24) is 20.2 Å². The second-order valence-electron chi connectivity index (χ2n) is 3.65. The van der Waals surface area contributed by atoms with Crippen LogP contribution in [0.1, 0.15) is 22.8 Å². The van der Waals surface area contributed by atoms with E-state index in [9.17, 15) is 4.79 Å². The minimum absolute atomic E-state index is 0.246. The normalized spacial score (nSPS) is 10.3. The summed E-state index contributed by atoms with van der Waals surface area (Å²) < 4.78 is 1.72. The number of hydroxylamine groups is 1. The van der Waals surface area contributed by atoms with Gasteiger partial charge in [-0.25, -0.2) is 15.1 Å². The predicted molar refractivity (Wildman–Crippen MR) is 64.7 cm³/mol. The Morgan fingerprint density at radius 3 is 2.78 bits per heavy atom. The zero-order valence-electron chi connectivity index (χ0n) is 10.0. The molecule has 1 heterocycles. The summed E-state index contributed by atoms with van der Waals surface area (Å²) in [5, 5.41) is 4.02. The van der Waals surface area contributed by atoms with Gasteiger partial charge in [-0.15, -0.1) is 0 Å². The first-order valence-corrected chi connectivity index (χ1v) is 5.63. The van der Waals surface area contributed by atoms with Gasteiger partial charge in [-0.05, 0) is 24.6 Å². The highest BCUT2D eigenvalue weighted by Gasteiger charge is 2.04. The lowest BCUT2D eigenvalue weighted by atomic mass is 10.1. The number of rotatable bonds is 5. The van der Waals surface area contributed by atoms with Gasteiger partial charge in [0.05, 0.1) is 13.2 Å². The first kappa shape index (κ1) is 12.3. The van der Waals surface area contributed by atoms with Gasteiger partial charge in [0.2, 0.25) is 0 Å². The molecule has 1 aromatic heterocycles. The maximum atomic E-state index is 11.6. The molecule has 2 rings (SSSR count). The maximum Gasteiger partial charge on any atom is 0.274 e. The summed E-state index contributed by atoms with van der Waals surface area (Å²) in [6.07, 6.45) is 3.14. The monoisotopic (exact) mass is 246 g/mol. The lowest BCUT2D eigenvalue weighted by Gasteiger charge is -2.05. The van der Waals surface area contributed by atoms with Crippen molar-refractivity contribution in [1.29, 1.82) is 0 Å². The van der Waals surface area contributed by atoms with Gasteiger partial charge in [0.1, 0.15) is 12.7 Å². The molecule has 0 unspecified atom stereocenters. The molecule has 0 fully saturated rings. The zero-order valence-corrected chi connectivity index (χ0v) is 10.0. The molecule has 6 nitrogen and oxygen atoms in total. The molecular formula is C12H14N4O2. The van der Waals surface area contributed by atoms with Crippen LogP contribution >= 0.6 is 0 Å². The van der Waals surface area contributed by atoms with Crippen LogP contribution in [-0.2, 0) is 11.4 Å². The van der Waals surface area contributed by atoms with Crippen LogP contribution in [0.5, 0.6) is 0 Å². The molecular weight excluding hydrogens is 232 g/mol. The van der Waals surface area contributed by atoms with Gasteiger partial charge in [-0.1, -0.05) is 12.1 Å². The highest BCUT2D eigenvalue weighted by atomic mass is 16.6. The number of carbonyl (C=O) groups is 1. The Hall–Kier alpha value is -2.21. The van der Waals surface area contributed by atoms with Gasteiger partial charge >= 0.3 is 0 Å². The van der Waals surface area contributed by atoms with E-state index in [2.05, 4.69) is 15.6 Å². The fraction of sp³-hybridized carbons (Fsp3) is 0.250. The molecule has 1 aromatic carbocycles. The Balaban J connectivity index is 1.99. The van der Waals surface area contributed by atoms with E-state index in [1.54, 1.807) is 23.1 Å². The van der Waals surface area contributed by atoms with E-state index in [0.29, 0.717) is 18.7 Å². The molecule has 0 aliphatic carbocycles. The largest absolute Gasteiger partial charge is 0.274 e. The van der Waals surface area contributed by atoms with Crippen LogP contribution in [0.3, 0.4) is 0 Å². The number of aromatic nitrogens is 3. The van der Waals surface area contributed by atoms with Crippen LogP contribution in [0.2, 0.25) is 0 Å². The lowest BCUT2D eigenvalue weighted by Crippen LogP contribution is -2.23. The molecule has 0 bridgehead atoms. The van der Waals surface area contributed by atoms with E-state index < -0.39 is 0 Å². The highest BCUT2D eigenvalue weighted by molar-refractivity contribution is 5.93. The summed E-state index contributed by atoms with van der Waals surface area (Å²) in [6, 6.07) is 7.26. The lowest BCUT2D eigenvalue weighted by molar-refractivity contribution is 0.0364. The van der Waals surface area contributed by atoms with Gasteiger partial charge in [-0.3, -0.25) is 9.63 Å². The summed E-state index contributed by atoms with van der Waals surface area (Å²) in [5.74, 6) is -0.246.